The molecule has 2 rings (SSSR count). The summed E-state index contributed by atoms with van der Waals surface area (Å²) in [4.78, 5) is 40.3. The minimum absolute atomic E-state index is 0.0189. The van der Waals surface area contributed by atoms with Gasteiger partial charge >= 0.3 is 0 Å². The molecule has 3 N–H and O–H groups in total. The van der Waals surface area contributed by atoms with Crippen molar-refractivity contribution in [2.45, 2.75) is 91.5 Å². The minimum atomic E-state index is -0.246. The molecule has 1 fully saturated rings. The van der Waals surface area contributed by atoms with Gasteiger partial charge in [-0.05, 0) is 56.1 Å². The number of ketones is 1. The van der Waals surface area contributed by atoms with Crippen LogP contribution in [0, 0.1) is 17.8 Å². The third kappa shape index (κ3) is 9.40. The third-order valence-corrected chi connectivity index (χ3v) is 7.31. The van der Waals surface area contributed by atoms with Crippen molar-refractivity contribution in [3.63, 3.8) is 0 Å². The third-order valence-electron chi connectivity index (χ3n) is 7.31. The second-order valence-electron chi connectivity index (χ2n) is 10.5. The molecule has 1 aliphatic carbocycles. The number of hydrogen-bond acceptors (Lipinski definition) is 4. The molecule has 6 heteroatoms. The van der Waals surface area contributed by atoms with Gasteiger partial charge in [0.25, 0.3) is 5.91 Å². The average Bonchev–Trinajstić information content (AvgIpc) is 2.87. The van der Waals surface area contributed by atoms with E-state index in [0.717, 1.165) is 19.4 Å². The van der Waals surface area contributed by atoms with Crippen molar-refractivity contribution in [1.82, 2.24) is 10.2 Å². The van der Waals surface area contributed by atoms with Gasteiger partial charge in [0.05, 0.1) is 0 Å². The summed E-state index contributed by atoms with van der Waals surface area (Å²) in [5.41, 5.74) is 7.51. The molecule has 0 spiro atoms. The molecule has 0 aromatic heterocycles. The smallest absolute Gasteiger partial charge is 0.253 e. The Morgan fingerprint density at radius 2 is 1.66 bits per heavy atom. The lowest BCUT2D eigenvalue weighted by Gasteiger charge is -2.25. The Kier molecular flexibility index (Phi) is 12.5. The Labute approximate surface area is 212 Å². The molecule has 196 valence electrons. The molecule has 35 heavy (non-hydrogen) atoms. The zero-order valence-electron chi connectivity index (χ0n) is 22.4. The van der Waals surface area contributed by atoms with Crippen molar-refractivity contribution in [3.8, 4) is 0 Å². The van der Waals surface area contributed by atoms with Crippen molar-refractivity contribution in [2.24, 2.45) is 23.5 Å². The van der Waals surface area contributed by atoms with Crippen LogP contribution in [0.4, 0.5) is 0 Å². The van der Waals surface area contributed by atoms with Gasteiger partial charge in [0.15, 0.2) is 5.78 Å². The zero-order chi connectivity index (χ0) is 25.8. The van der Waals surface area contributed by atoms with E-state index >= 15 is 0 Å². The molecular formula is C29H47N3O3. The number of nitrogens with one attached hydrogen (secondary N) is 1. The van der Waals surface area contributed by atoms with Gasteiger partial charge < -0.3 is 16.0 Å². The van der Waals surface area contributed by atoms with Crippen LogP contribution < -0.4 is 11.1 Å². The Morgan fingerprint density at radius 1 is 1.03 bits per heavy atom. The van der Waals surface area contributed by atoms with Crippen LogP contribution in [0.5, 0.6) is 0 Å². The minimum Gasteiger partial charge on any atom is -0.356 e. The number of benzene rings is 1. The number of carbonyl (C=O) groups excluding carboxylic acids is 3. The van der Waals surface area contributed by atoms with Crippen LogP contribution in [0.1, 0.15) is 106 Å². The predicted octanol–water partition coefficient (Wildman–Crippen LogP) is 5.21. The molecule has 6 nitrogen and oxygen atoms in total. The molecule has 0 saturated heterocycles. The summed E-state index contributed by atoms with van der Waals surface area (Å²) in [6, 6.07) is 6.79. The first-order chi connectivity index (χ1) is 16.8. The van der Waals surface area contributed by atoms with E-state index in [1.807, 2.05) is 18.7 Å². The topological polar surface area (TPSA) is 92.5 Å². The van der Waals surface area contributed by atoms with Crippen LogP contribution in [0.25, 0.3) is 0 Å². The Morgan fingerprint density at radius 3 is 2.29 bits per heavy atom. The highest BCUT2D eigenvalue weighted by Crippen LogP contribution is 2.23. The van der Waals surface area contributed by atoms with Crippen LogP contribution in [0.2, 0.25) is 0 Å². The molecule has 2 amide bonds. The summed E-state index contributed by atoms with van der Waals surface area (Å²) >= 11 is 0. The largest absolute Gasteiger partial charge is 0.356 e. The highest BCUT2D eigenvalue weighted by Gasteiger charge is 2.24. The van der Waals surface area contributed by atoms with Crippen molar-refractivity contribution >= 4 is 17.6 Å². The molecule has 0 unspecified atom stereocenters. The monoisotopic (exact) mass is 485 g/mol. The molecule has 0 heterocycles. The molecule has 1 aromatic rings. The average molecular weight is 486 g/mol. The van der Waals surface area contributed by atoms with Crippen LogP contribution >= 0.6 is 0 Å². The lowest BCUT2D eigenvalue weighted by molar-refractivity contribution is -0.125. The van der Waals surface area contributed by atoms with E-state index in [2.05, 4.69) is 19.2 Å². The van der Waals surface area contributed by atoms with Crippen LogP contribution in [0.3, 0.4) is 0 Å². The fraction of sp³-hybridized carbons (Fsp3) is 0.690. The number of hydrogen-bond donors (Lipinski definition) is 2. The molecule has 3 atom stereocenters. The first-order valence-electron chi connectivity index (χ1n) is 13.7. The Hall–Kier alpha value is -2.21. The van der Waals surface area contributed by atoms with Crippen molar-refractivity contribution in [2.75, 3.05) is 19.6 Å². The number of amides is 2. The zero-order valence-corrected chi connectivity index (χ0v) is 22.4. The lowest BCUT2D eigenvalue weighted by atomic mass is 9.87. The summed E-state index contributed by atoms with van der Waals surface area (Å²) in [6.45, 7) is 10.2. The summed E-state index contributed by atoms with van der Waals surface area (Å²) in [7, 11) is 0. The van der Waals surface area contributed by atoms with E-state index in [9.17, 15) is 14.4 Å². The first-order valence-corrected chi connectivity index (χ1v) is 13.7. The maximum atomic E-state index is 13.0. The summed E-state index contributed by atoms with van der Waals surface area (Å²) < 4.78 is 0. The predicted molar refractivity (Wildman–Crippen MR) is 142 cm³/mol. The molecule has 1 aromatic carbocycles. The van der Waals surface area contributed by atoms with E-state index in [0.29, 0.717) is 43.0 Å². The van der Waals surface area contributed by atoms with Crippen molar-refractivity contribution in [3.05, 3.63) is 35.4 Å². The van der Waals surface area contributed by atoms with Gasteiger partial charge in [-0.3, -0.25) is 14.4 Å². The maximum absolute atomic E-state index is 13.0. The standard InChI is InChI=1S/C29H47N3O3/c1-5-15-32(16-6-2)29(35)25-14-10-13-24(19-25)27(33)18-21(3)26(30)17-22(4)28(34)31-20-23-11-8-7-9-12-23/h10,13-14,19,21-23,26H,5-9,11-12,15-18,20,30H2,1-4H3,(H,31,34)/t21-,22-,26+/m1/s1. The van der Waals surface area contributed by atoms with Crippen LogP contribution in [-0.2, 0) is 4.79 Å². The van der Waals surface area contributed by atoms with Gasteiger partial charge in [0.1, 0.15) is 0 Å². The van der Waals surface area contributed by atoms with Crippen molar-refractivity contribution < 1.29 is 14.4 Å². The number of rotatable bonds is 14. The van der Waals surface area contributed by atoms with Crippen LogP contribution in [0.15, 0.2) is 24.3 Å². The molecule has 0 radical (unpaired) electrons. The molecule has 0 bridgehead atoms. The molecule has 0 aliphatic heterocycles. The number of carbonyl (C=O) groups is 3. The number of Topliss-reactive ketones (excluding diaryl/α,β-unsaturated/α-hetero) is 1. The fourth-order valence-corrected chi connectivity index (χ4v) is 4.98. The Balaban J connectivity index is 1.88. The summed E-state index contributed by atoms with van der Waals surface area (Å²) in [5, 5.41) is 3.11. The highest BCUT2D eigenvalue weighted by molar-refractivity contribution is 6.00. The second kappa shape index (κ2) is 15.0. The summed E-state index contributed by atoms with van der Waals surface area (Å²) in [5.74, 6) is 0.362. The summed E-state index contributed by atoms with van der Waals surface area (Å²) in [6.07, 6.45) is 8.88. The van der Waals surface area contributed by atoms with E-state index in [-0.39, 0.29) is 35.5 Å². The second-order valence-corrected chi connectivity index (χ2v) is 10.5. The number of nitrogens with zero attached hydrogens (tertiary/aromatic N) is 1. The van der Waals surface area contributed by atoms with E-state index in [1.54, 1.807) is 24.3 Å². The molecule has 1 aliphatic rings. The van der Waals surface area contributed by atoms with Gasteiger partial charge in [-0.25, -0.2) is 0 Å². The quantitative estimate of drug-likeness (QED) is 0.354. The highest BCUT2D eigenvalue weighted by atomic mass is 16.2. The van der Waals surface area contributed by atoms with Gasteiger partial charge in [0.2, 0.25) is 5.91 Å². The fourth-order valence-electron chi connectivity index (χ4n) is 4.98. The van der Waals surface area contributed by atoms with Gasteiger partial charge in [-0.15, -0.1) is 0 Å². The van der Waals surface area contributed by atoms with E-state index in [4.69, 9.17) is 5.73 Å². The van der Waals surface area contributed by atoms with Crippen molar-refractivity contribution in [1.29, 1.82) is 0 Å². The normalized spacial score (nSPS) is 16.8. The van der Waals surface area contributed by atoms with E-state index in [1.165, 1.54) is 32.1 Å². The first kappa shape index (κ1) is 29.0. The van der Waals surface area contributed by atoms with E-state index < -0.39 is 0 Å². The lowest BCUT2D eigenvalue weighted by Crippen LogP contribution is -2.38. The van der Waals surface area contributed by atoms with Gasteiger partial charge in [-0.2, -0.15) is 0 Å². The molecule has 1 saturated carbocycles. The SMILES string of the molecule is CCCN(CCC)C(=O)c1cccc(C(=O)C[C@@H](C)[C@@H](N)C[C@@H](C)C(=O)NCC2CCCCC2)c1. The maximum Gasteiger partial charge on any atom is 0.253 e. The molecular weight excluding hydrogens is 438 g/mol. The number of nitrogens with two attached hydrogens (primary N) is 1. The van der Waals surface area contributed by atoms with Gasteiger partial charge in [0, 0.05) is 49.1 Å². The Bertz CT molecular complexity index is 813. The van der Waals surface area contributed by atoms with Gasteiger partial charge in [-0.1, -0.05) is 59.1 Å². The van der Waals surface area contributed by atoms with Crippen LogP contribution in [-0.4, -0.2) is 48.2 Å².